The van der Waals surface area contributed by atoms with E-state index in [1.807, 2.05) is 11.3 Å². The maximum atomic E-state index is 3.49. The summed E-state index contributed by atoms with van der Waals surface area (Å²) in [5.41, 5.74) is 1.33. The summed E-state index contributed by atoms with van der Waals surface area (Å²) < 4.78 is 1.37. The van der Waals surface area contributed by atoms with E-state index < -0.39 is 0 Å². The Balaban J connectivity index is 1.63. The van der Waals surface area contributed by atoms with E-state index in [9.17, 15) is 0 Å². The summed E-state index contributed by atoms with van der Waals surface area (Å²) in [6, 6.07) is 21.3. The van der Waals surface area contributed by atoms with Crippen molar-refractivity contribution >= 4 is 21.4 Å². The molecule has 3 rings (SSSR count). The molecule has 1 aromatic heterocycles. The van der Waals surface area contributed by atoms with Crippen LogP contribution in [0.5, 0.6) is 0 Å². The van der Waals surface area contributed by atoms with Crippen LogP contribution in [0.25, 0.3) is 10.1 Å². The van der Waals surface area contributed by atoms with E-state index in [0.29, 0.717) is 0 Å². The Bertz CT molecular complexity index is 595. The van der Waals surface area contributed by atoms with Gasteiger partial charge in [-0.05, 0) is 23.1 Å². The van der Waals surface area contributed by atoms with Crippen LogP contribution in [0.2, 0.25) is 0 Å². The molecule has 0 amide bonds. The van der Waals surface area contributed by atoms with E-state index in [0.717, 1.165) is 13.1 Å². The second-order valence-electron chi connectivity index (χ2n) is 4.34. The minimum atomic E-state index is 0.926. The van der Waals surface area contributed by atoms with Gasteiger partial charge in [0.15, 0.2) is 0 Å². The Labute approximate surface area is 111 Å². The molecule has 0 spiro atoms. The summed E-state index contributed by atoms with van der Waals surface area (Å²) in [4.78, 5) is 1.40. The predicted molar refractivity (Wildman–Crippen MR) is 78.8 cm³/mol. The van der Waals surface area contributed by atoms with Crippen molar-refractivity contribution in [3.63, 3.8) is 0 Å². The van der Waals surface area contributed by atoms with E-state index >= 15 is 0 Å². The van der Waals surface area contributed by atoms with Gasteiger partial charge >= 0.3 is 0 Å². The minimum absolute atomic E-state index is 0.926. The molecule has 0 aliphatic carbocycles. The fraction of sp³-hybridized carbons (Fsp3) is 0.125. The molecule has 1 heterocycles. The molecule has 0 unspecified atom stereocenters. The van der Waals surface area contributed by atoms with E-state index in [2.05, 4.69) is 66.0 Å². The van der Waals surface area contributed by atoms with Crippen LogP contribution in [0.4, 0.5) is 0 Å². The van der Waals surface area contributed by atoms with Gasteiger partial charge in [0.25, 0.3) is 0 Å². The van der Waals surface area contributed by atoms with E-state index in [-0.39, 0.29) is 0 Å². The van der Waals surface area contributed by atoms with Crippen LogP contribution in [0.15, 0.2) is 60.7 Å². The largest absolute Gasteiger partial charge is 0.308 e. The second kappa shape index (κ2) is 5.34. The van der Waals surface area contributed by atoms with Gasteiger partial charge in [-0.15, -0.1) is 11.3 Å². The molecule has 1 nitrogen and oxygen atoms in total. The maximum Gasteiger partial charge on any atom is 0.0346 e. The van der Waals surface area contributed by atoms with Crippen LogP contribution in [0.3, 0.4) is 0 Å². The van der Waals surface area contributed by atoms with Gasteiger partial charge in [0, 0.05) is 22.7 Å². The Hall–Kier alpha value is -1.64. The van der Waals surface area contributed by atoms with Crippen molar-refractivity contribution < 1.29 is 0 Å². The molecule has 3 aromatic rings. The van der Waals surface area contributed by atoms with E-state index in [1.54, 1.807) is 0 Å². The van der Waals surface area contributed by atoms with Crippen LogP contribution in [-0.4, -0.2) is 0 Å². The van der Waals surface area contributed by atoms with Crippen LogP contribution in [0.1, 0.15) is 10.4 Å². The maximum absolute atomic E-state index is 3.49. The monoisotopic (exact) mass is 253 g/mol. The van der Waals surface area contributed by atoms with Gasteiger partial charge in [0.2, 0.25) is 0 Å². The highest BCUT2D eigenvalue weighted by molar-refractivity contribution is 7.19. The first-order valence-corrected chi connectivity index (χ1v) is 6.95. The summed E-state index contributed by atoms with van der Waals surface area (Å²) in [7, 11) is 0. The average molecular weight is 253 g/mol. The van der Waals surface area contributed by atoms with Gasteiger partial charge in [0.1, 0.15) is 0 Å². The second-order valence-corrected chi connectivity index (χ2v) is 5.51. The summed E-state index contributed by atoms with van der Waals surface area (Å²) in [6.45, 7) is 1.86. The van der Waals surface area contributed by atoms with Crippen LogP contribution in [-0.2, 0) is 13.1 Å². The third-order valence-electron chi connectivity index (χ3n) is 2.95. The highest BCUT2D eigenvalue weighted by Crippen LogP contribution is 2.24. The van der Waals surface area contributed by atoms with Crippen molar-refractivity contribution in [2.75, 3.05) is 0 Å². The third kappa shape index (κ3) is 2.61. The summed E-state index contributed by atoms with van der Waals surface area (Å²) in [6.07, 6.45) is 0. The number of hydrogen-bond donors (Lipinski definition) is 1. The van der Waals surface area contributed by atoms with Gasteiger partial charge < -0.3 is 5.32 Å². The molecule has 1 N–H and O–H groups in total. The van der Waals surface area contributed by atoms with Gasteiger partial charge in [-0.3, -0.25) is 0 Å². The van der Waals surface area contributed by atoms with Gasteiger partial charge in [0.05, 0.1) is 0 Å². The Kier molecular flexibility index (Phi) is 3.40. The predicted octanol–water partition coefficient (Wildman–Crippen LogP) is 4.19. The molecule has 0 fully saturated rings. The highest BCUT2D eigenvalue weighted by atomic mass is 32.1. The lowest BCUT2D eigenvalue weighted by molar-refractivity contribution is 0.701. The molecule has 0 bridgehead atoms. The highest BCUT2D eigenvalue weighted by Gasteiger charge is 2.00. The topological polar surface area (TPSA) is 12.0 Å². The number of thiophene rings is 1. The molecular weight excluding hydrogens is 238 g/mol. The van der Waals surface area contributed by atoms with Crippen molar-refractivity contribution in [1.29, 1.82) is 0 Å². The van der Waals surface area contributed by atoms with Crippen molar-refractivity contribution in [3.05, 3.63) is 71.1 Å². The molecule has 0 saturated carbocycles. The third-order valence-corrected chi connectivity index (χ3v) is 4.06. The Morgan fingerprint density at radius 1 is 0.833 bits per heavy atom. The Morgan fingerprint density at radius 2 is 1.61 bits per heavy atom. The average Bonchev–Trinajstić information content (AvgIpc) is 2.82. The number of hydrogen-bond acceptors (Lipinski definition) is 2. The van der Waals surface area contributed by atoms with Gasteiger partial charge in [-0.2, -0.15) is 0 Å². The standard InChI is InChI=1S/C16H15NS/c1-2-6-13(7-3-1)11-17-12-15-10-14-8-4-5-9-16(14)18-15/h1-10,17H,11-12H2. The molecule has 0 atom stereocenters. The number of rotatable bonds is 4. The minimum Gasteiger partial charge on any atom is -0.308 e. The zero-order chi connectivity index (χ0) is 12.2. The van der Waals surface area contributed by atoms with E-state index in [4.69, 9.17) is 0 Å². The Morgan fingerprint density at radius 3 is 2.44 bits per heavy atom. The first kappa shape index (κ1) is 11.5. The lowest BCUT2D eigenvalue weighted by Crippen LogP contribution is -2.11. The van der Waals surface area contributed by atoms with Crippen LogP contribution >= 0.6 is 11.3 Å². The quantitative estimate of drug-likeness (QED) is 0.735. The normalized spacial score (nSPS) is 10.9. The lowest BCUT2D eigenvalue weighted by atomic mass is 10.2. The fourth-order valence-corrected chi connectivity index (χ4v) is 3.08. The summed E-state index contributed by atoms with van der Waals surface area (Å²) >= 11 is 1.87. The number of fused-ring (bicyclic) bond motifs is 1. The lowest BCUT2D eigenvalue weighted by Gasteiger charge is -2.02. The first-order chi connectivity index (χ1) is 8.92. The molecule has 2 aromatic carbocycles. The van der Waals surface area contributed by atoms with E-state index in [1.165, 1.54) is 20.5 Å². The van der Waals surface area contributed by atoms with Crippen molar-refractivity contribution in [1.82, 2.24) is 5.32 Å². The number of nitrogens with one attached hydrogen (secondary N) is 1. The molecule has 0 saturated heterocycles. The van der Waals surface area contributed by atoms with Crippen molar-refractivity contribution in [2.24, 2.45) is 0 Å². The van der Waals surface area contributed by atoms with Crippen LogP contribution in [0, 0.1) is 0 Å². The van der Waals surface area contributed by atoms with Crippen LogP contribution < -0.4 is 5.32 Å². The van der Waals surface area contributed by atoms with Gasteiger partial charge in [-0.25, -0.2) is 0 Å². The zero-order valence-electron chi connectivity index (χ0n) is 10.1. The molecule has 0 radical (unpaired) electrons. The molecule has 90 valence electrons. The fourth-order valence-electron chi connectivity index (χ4n) is 2.05. The smallest absolute Gasteiger partial charge is 0.0346 e. The zero-order valence-corrected chi connectivity index (χ0v) is 10.9. The summed E-state index contributed by atoms with van der Waals surface area (Å²) in [5.74, 6) is 0. The van der Waals surface area contributed by atoms with Gasteiger partial charge in [-0.1, -0.05) is 48.5 Å². The molecule has 18 heavy (non-hydrogen) atoms. The summed E-state index contributed by atoms with van der Waals surface area (Å²) in [5, 5.41) is 4.84. The van der Waals surface area contributed by atoms with Crippen molar-refractivity contribution in [2.45, 2.75) is 13.1 Å². The molecular formula is C16H15NS. The van der Waals surface area contributed by atoms with Crippen molar-refractivity contribution in [3.8, 4) is 0 Å². The molecule has 0 aliphatic rings. The molecule has 0 aliphatic heterocycles. The first-order valence-electron chi connectivity index (χ1n) is 6.14. The SMILES string of the molecule is c1ccc(CNCc2cc3ccccc3s2)cc1. The molecule has 2 heteroatoms. The number of benzene rings is 2.